The Morgan fingerprint density at radius 2 is 1.94 bits per heavy atom. The molecule has 0 aliphatic carbocycles. The molecule has 0 radical (unpaired) electrons. The van der Waals surface area contributed by atoms with Gasteiger partial charge in [-0.2, -0.15) is 0 Å². The number of rotatable bonds is 6. The van der Waals surface area contributed by atoms with E-state index in [1.165, 1.54) is 18.2 Å². The van der Waals surface area contributed by atoms with Crippen LogP contribution in [0.2, 0.25) is 0 Å². The lowest BCUT2D eigenvalue weighted by Gasteiger charge is -2.12. The van der Waals surface area contributed by atoms with E-state index in [0.29, 0.717) is 22.6 Å². The molecule has 1 aliphatic heterocycles. The zero-order valence-corrected chi connectivity index (χ0v) is 17.9. The molecule has 1 aromatic heterocycles. The van der Waals surface area contributed by atoms with E-state index >= 15 is 0 Å². The minimum atomic E-state index is -0.509. The lowest BCUT2D eigenvalue weighted by Crippen LogP contribution is -2.27. The van der Waals surface area contributed by atoms with Crippen molar-refractivity contribution in [1.29, 1.82) is 0 Å². The van der Waals surface area contributed by atoms with Crippen molar-refractivity contribution in [3.05, 3.63) is 88.3 Å². The summed E-state index contributed by atoms with van der Waals surface area (Å²) in [7, 11) is 0. The summed E-state index contributed by atoms with van der Waals surface area (Å²) < 4.78 is 24.7. The minimum Gasteiger partial charge on any atom is -0.462 e. The number of furan rings is 1. The number of halogens is 1. The third-order valence-corrected chi connectivity index (χ3v) is 5.63. The number of nitrogens with zero attached hydrogens (tertiary/aromatic N) is 1. The molecule has 6 nitrogen and oxygen atoms in total. The van der Waals surface area contributed by atoms with E-state index in [1.807, 2.05) is 0 Å². The number of hydrogen-bond acceptors (Lipinski definition) is 6. The van der Waals surface area contributed by atoms with Gasteiger partial charge in [-0.15, -0.1) is 0 Å². The van der Waals surface area contributed by atoms with Gasteiger partial charge in [-0.1, -0.05) is 30.3 Å². The van der Waals surface area contributed by atoms with Gasteiger partial charge in [0.2, 0.25) is 0 Å². The van der Waals surface area contributed by atoms with Gasteiger partial charge >= 0.3 is 5.97 Å². The van der Waals surface area contributed by atoms with Gasteiger partial charge < -0.3 is 9.15 Å². The van der Waals surface area contributed by atoms with Crippen molar-refractivity contribution in [1.82, 2.24) is 4.90 Å². The summed E-state index contributed by atoms with van der Waals surface area (Å²) in [5, 5.41) is -0.474. The van der Waals surface area contributed by atoms with Crippen LogP contribution in [0.4, 0.5) is 9.18 Å². The number of thioether (sulfide) groups is 1. The molecule has 0 bridgehead atoms. The maximum atomic E-state index is 13.9. The number of imide groups is 1. The fourth-order valence-corrected chi connectivity index (χ4v) is 3.98. The molecule has 162 valence electrons. The predicted molar refractivity (Wildman–Crippen MR) is 118 cm³/mol. The summed E-state index contributed by atoms with van der Waals surface area (Å²) in [6.07, 6.45) is 1.48. The van der Waals surface area contributed by atoms with Crippen molar-refractivity contribution in [2.45, 2.75) is 13.5 Å². The van der Waals surface area contributed by atoms with E-state index in [2.05, 4.69) is 0 Å². The third-order valence-electron chi connectivity index (χ3n) is 4.72. The van der Waals surface area contributed by atoms with Crippen molar-refractivity contribution in [2.75, 3.05) is 6.61 Å². The SMILES string of the molecule is CCOC(=O)c1cccc(-c2ccc(/C=C3\SC(=O)N(Cc4ccccc4F)C3=O)o2)c1. The van der Waals surface area contributed by atoms with E-state index in [9.17, 15) is 18.8 Å². The highest BCUT2D eigenvalue weighted by Crippen LogP contribution is 2.34. The van der Waals surface area contributed by atoms with Crippen molar-refractivity contribution in [3.8, 4) is 11.3 Å². The van der Waals surface area contributed by atoms with Gasteiger partial charge in [0.05, 0.1) is 23.6 Å². The molecule has 0 saturated carbocycles. The van der Waals surface area contributed by atoms with Crippen molar-refractivity contribution >= 4 is 35.0 Å². The number of ether oxygens (including phenoxy) is 1. The second kappa shape index (κ2) is 9.23. The highest BCUT2D eigenvalue weighted by molar-refractivity contribution is 8.18. The summed E-state index contributed by atoms with van der Waals surface area (Å²) in [4.78, 5) is 38.1. The molecule has 1 saturated heterocycles. The molecule has 0 N–H and O–H groups in total. The molecule has 2 heterocycles. The van der Waals surface area contributed by atoms with Gasteiger partial charge in [0, 0.05) is 17.2 Å². The number of benzene rings is 2. The number of amides is 2. The first-order chi connectivity index (χ1) is 15.5. The largest absolute Gasteiger partial charge is 0.462 e. The average molecular weight is 451 g/mol. The molecule has 0 spiro atoms. The zero-order valence-electron chi connectivity index (χ0n) is 17.0. The molecule has 32 heavy (non-hydrogen) atoms. The minimum absolute atomic E-state index is 0.140. The van der Waals surface area contributed by atoms with Gasteiger partial charge in [0.25, 0.3) is 11.1 Å². The summed E-state index contributed by atoms with van der Waals surface area (Å²) in [6, 6.07) is 16.2. The fourth-order valence-electron chi connectivity index (χ4n) is 3.16. The van der Waals surface area contributed by atoms with Gasteiger partial charge in [0.15, 0.2) is 0 Å². The van der Waals surface area contributed by atoms with Crippen LogP contribution in [-0.2, 0) is 16.1 Å². The Balaban J connectivity index is 1.53. The Labute approximate surface area is 187 Å². The lowest BCUT2D eigenvalue weighted by atomic mass is 10.1. The second-order valence-corrected chi connectivity index (χ2v) is 7.86. The summed E-state index contributed by atoms with van der Waals surface area (Å²) in [5.41, 5.74) is 1.33. The quantitative estimate of drug-likeness (QED) is 0.364. The van der Waals surface area contributed by atoms with Crippen LogP contribution in [0.15, 0.2) is 70.0 Å². The zero-order chi connectivity index (χ0) is 22.7. The van der Waals surface area contributed by atoms with Crippen molar-refractivity contribution in [3.63, 3.8) is 0 Å². The van der Waals surface area contributed by atoms with Crippen LogP contribution in [0.5, 0.6) is 0 Å². The summed E-state index contributed by atoms with van der Waals surface area (Å²) >= 11 is 0.774. The first-order valence-electron chi connectivity index (χ1n) is 9.82. The molecular formula is C24H18FNO5S. The van der Waals surface area contributed by atoms with Crippen LogP contribution in [0.25, 0.3) is 17.4 Å². The van der Waals surface area contributed by atoms with Crippen LogP contribution in [0.3, 0.4) is 0 Å². The third kappa shape index (κ3) is 4.50. The van der Waals surface area contributed by atoms with Crippen LogP contribution < -0.4 is 0 Å². The Morgan fingerprint density at radius 1 is 1.12 bits per heavy atom. The topological polar surface area (TPSA) is 76.8 Å². The monoisotopic (exact) mass is 451 g/mol. The Bertz CT molecular complexity index is 1230. The Kier molecular flexibility index (Phi) is 6.23. The summed E-state index contributed by atoms with van der Waals surface area (Å²) in [6.45, 7) is 1.87. The van der Waals surface area contributed by atoms with Crippen molar-refractivity contribution in [2.24, 2.45) is 0 Å². The van der Waals surface area contributed by atoms with Gasteiger partial charge in [-0.05, 0) is 49.0 Å². The van der Waals surface area contributed by atoms with Gasteiger partial charge in [-0.3, -0.25) is 14.5 Å². The van der Waals surface area contributed by atoms with Crippen molar-refractivity contribution < 1.29 is 27.9 Å². The summed E-state index contributed by atoms with van der Waals surface area (Å²) in [5.74, 6) is -0.544. The van der Waals surface area contributed by atoms with Crippen LogP contribution >= 0.6 is 11.8 Å². The second-order valence-electron chi connectivity index (χ2n) is 6.86. The molecule has 1 fully saturated rings. The van der Waals surface area contributed by atoms with E-state index in [1.54, 1.807) is 55.5 Å². The molecule has 0 atom stereocenters. The van der Waals surface area contributed by atoms with Gasteiger partial charge in [0.1, 0.15) is 17.3 Å². The first kappa shape index (κ1) is 21.6. The molecule has 8 heteroatoms. The fraction of sp³-hybridized carbons (Fsp3) is 0.125. The van der Waals surface area contributed by atoms with E-state index in [4.69, 9.17) is 9.15 Å². The van der Waals surface area contributed by atoms with E-state index in [0.717, 1.165) is 16.7 Å². The molecule has 3 aromatic rings. The standard InChI is InChI=1S/C24H18FNO5S/c1-2-30-23(28)16-8-5-7-15(12-16)20-11-10-18(31-20)13-21-22(27)26(24(29)32-21)14-17-6-3-4-9-19(17)25/h3-13H,2,14H2,1H3/b21-13-. The molecule has 2 amide bonds. The molecule has 2 aromatic carbocycles. The van der Waals surface area contributed by atoms with Crippen LogP contribution in [0.1, 0.15) is 28.6 Å². The number of carbonyl (C=O) groups is 3. The number of carbonyl (C=O) groups excluding carboxylic acids is 3. The maximum Gasteiger partial charge on any atom is 0.338 e. The smallest absolute Gasteiger partial charge is 0.338 e. The molecule has 0 unspecified atom stereocenters. The molecular weight excluding hydrogens is 433 g/mol. The highest BCUT2D eigenvalue weighted by atomic mass is 32.2. The lowest BCUT2D eigenvalue weighted by molar-refractivity contribution is -0.123. The van der Waals surface area contributed by atoms with Crippen LogP contribution in [-0.4, -0.2) is 28.6 Å². The van der Waals surface area contributed by atoms with Gasteiger partial charge in [-0.25, -0.2) is 9.18 Å². The molecule has 1 aliphatic rings. The van der Waals surface area contributed by atoms with E-state index in [-0.39, 0.29) is 23.6 Å². The number of hydrogen-bond donors (Lipinski definition) is 0. The predicted octanol–water partition coefficient (Wildman–Crippen LogP) is 5.50. The molecule has 4 rings (SSSR count). The normalized spacial score (nSPS) is 14.9. The number of esters is 1. The average Bonchev–Trinajstić information content (AvgIpc) is 3.36. The Hall–Kier alpha value is -3.65. The van der Waals surface area contributed by atoms with E-state index < -0.39 is 22.9 Å². The van der Waals surface area contributed by atoms with Crippen LogP contribution in [0, 0.1) is 5.82 Å². The Morgan fingerprint density at radius 3 is 2.72 bits per heavy atom. The first-order valence-corrected chi connectivity index (χ1v) is 10.6. The maximum absolute atomic E-state index is 13.9. The highest BCUT2D eigenvalue weighted by Gasteiger charge is 2.35.